The van der Waals surface area contributed by atoms with E-state index in [4.69, 9.17) is 0 Å². The summed E-state index contributed by atoms with van der Waals surface area (Å²) in [6, 6.07) is 4.00. The van der Waals surface area contributed by atoms with Crippen molar-refractivity contribution >= 4 is 12.0 Å². The topological polar surface area (TPSA) is 35.0 Å². The third kappa shape index (κ3) is 3.69. The van der Waals surface area contributed by atoms with Crippen molar-refractivity contribution in [3.63, 3.8) is 0 Å². The van der Waals surface area contributed by atoms with Crippen LogP contribution in [0.15, 0.2) is 35.3 Å². The van der Waals surface area contributed by atoms with Crippen LogP contribution in [0.3, 0.4) is 0 Å². The lowest BCUT2D eigenvalue weighted by molar-refractivity contribution is 0.132. The van der Waals surface area contributed by atoms with E-state index in [0.717, 1.165) is 45.1 Å². The largest absolute Gasteiger partial charge is 0.310 e. The molecule has 2 aliphatic rings. The van der Waals surface area contributed by atoms with Crippen LogP contribution < -0.4 is 4.90 Å². The number of allylic oxidation sites excluding steroid dienone is 1. The molecular formula is C16H22FN5. The maximum atomic E-state index is 13.2. The van der Waals surface area contributed by atoms with Gasteiger partial charge in [0.05, 0.1) is 6.21 Å². The zero-order valence-electron chi connectivity index (χ0n) is 13.0. The Labute approximate surface area is 130 Å². The Morgan fingerprint density at radius 1 is 1.14 bits per heavy atom. The molecule has 5 nitrogen and oxygen atoms in total. The van der Waals surface area contributed by atoms with Crippen molar-refractivity contribution in [2.24, 2.45) is 4.99 Å². The fraction of sp³-hybridized carbons (Fsp3) is 0.500. The number of halogens is 1. The number of aliphatic imine (C=N–C) groups is 1. The van der Waals surface area contributed by atoms with Crippen LogP contribution in [0, 0.1) is 0 Å². The molecule has 118 valence electrons. The lowest BCUT2D eigenvalue weighted by Crippen LogP contribution is -2.45. The minimum Gasteiger partial charge on any atom is -0.310 e. The number of rotatable bonds is 4. The number of hydrogen-bond donors (Lipinski definition) is 0. The van der Waals surface area contributed by atoms with Gasteiger partial charge in [-0.15, -0.1) is 0 Å². The molecular weight excluding hydrogens is 281 g/mol. The maximum absolute atomic E-state index is 13.2. The van der Waals surface area contributed by atoms with Gasteiger partial charge in [-0.2, -0.15) is 0 Å². The Bertz CT molecular complexity index is 546. The van der Waals surface area contributed by atoms with Gasteiger partial charge in [0, 0.05) is 45.1 Å². The van der Waals surface area contributed by atoms with Gasteiger partial charge in [0.25, 0.3) is 0 Å². The predicted molar refractivity (Wildman–Crippen MR) is 86.7 cm³/mol. The maximum Gasteiger partial charge on any atom is 0.157 e. The molecule has 3 heterocycles. The summed E-state index contributed by atoms with van der Waals surface area (Å²) in [6.45, 7) is 9.16. The van der Waals surface area contributed by atoms with Gasteiger partial charge in [-0.1, -0.05) is 13.0 Å². The Kier molecular flexibility index (Phi) is 4.80. The first-order valence-electron chi connectivity index (χ1n) is 7.78. The summed E-state index contributed by atoms with van der Waals surface area (Å²) in [5, 5.41) is 0. The van der Waals surface area contributed by atoms with E-state index in [2.05, 4.69) is 32.8 Å². The highest BCUT2D eigenvalue weighted by molar-refractivity contribution is 5.77. The molecule has 1 saturated heterocycles. The summed E-state index contributed by atoms with van der Waals surface area (Å²) in [5.41, 5.74) is 1.19. The van der Waals surface area contributed by atoms with E-state index in [9.17, 15) is 4.39 Å². The lowest BCUT2D eigenvalue weighted by atomic mass is 10.2. The smallest absolute Gasteiger partial charge is 0.157 e. The van der Waals surface area contributed by atoms with E-state index in [0.29, 0.717) is 6.67 Å². The second-order valence-electron chi connectivity index (χ2n) is 5.67. The fourth-order valence-electron chi connectivity index (χ4n) is 2.78. The number of hydrogen-bond acceptors (Lipinski definition) is 5. The summed E-state index contributed by atoms with van der Waals surface area (Å²) in [4.78, 5) is 15.0. The van der Waals surface area contributed by atoms with Gasteiger partial charge >= 0.3 is 0 Å². The molecule has 22 heavy (non-hydrogen) atoms. The molecule has 3 rings (SSSR count). The quantitative estimate of drug-likeness (QED) is 0.851. The minimum atomic E-state index is -0.342. The summed E-state index contributed by atoms with van der Waals surface area (Å²) in [6.07, 6.45) is 4.55. The van der Waals surface area contributed by atoms with E-state index in [1.165, 1.54) is 18.0 Å². The number of nitrogens with zero attached hydrogens (tertiary/aromatic N) is 5. The molecule has 0 spiro atoms. The first kappa shape index (κ1) is 15.1. The molecule has 0 atom stereocenters. The highest BCUT2D eigenvalue weighted by atomic mass is 19.1. The average Bonchev–Trinajstić information content (AvgIpc) is 2.56. The minimum absolute atomic E-state index is 0.342. The summed E-state index contributed by atoms with van der Waals surface area (Å²) in [7, 11) is 0. The zero-order valence-corrected chi connectivity index (χ0v) is 13.0. The van der Waals surface area contributed by atoms with Gasteiger partial charge in [-0.3, -0.25) is 9.89 Å². The monoisotopic (exact) mass is 303 g/mol. The van der Waals surface area contributed by atoms with Crippen molar-refractivity contribution in [2.75, 3.05) is 44.3 Å². The molecule has 2 aliphatic heterocycles. The van der Waals surface area contributed by atoms with Crippen molar-refractivity contribution < 1.29 is 4.39 Å². The number of pyridine rings is 1. The third-order valence-corrected chi connectivity index (χ3v) is 4.15. The van der Waals surface area contributed by atoms with Crippen LogP contribution in [0.1, 0.15) is 12.5 Å². The molecule has 0 N–H and O–H groups in total. The van der Waals surface area contributed by atoms with E-state index in [-0.39, 0.29) is 5.83 Å². The number of anilines is 1. The molecule has 0 aliphatic carbocycles. The molecule has 0 saturated carbocycles. The van der Waals surface area contributed by atoms with Gasteiger partial charge in [0.2, 0.25) is 0 Å². The fourth-order valence-corrected chi connectivity index (χ4v) is 2.78. The van der Waals surface area contributed by atoms with Gasteiger partial charge in [0.15, 0.2) is 5.83 Å². The van der Waals surface area contributed by atoms with Crippen LogP contribution >= 0.6 is 0 Å². The second kappa shape index (κ2) is 6.98. The Balaban J connectivity index is 1.57. The molecule has 0 amide bonds. The molecule has 1 aromatic heterocycles. The summed E-state index contributed by atoms with van der Waals surface area (Å²) >= 11 is 0. The highest BCUT2D eigenvalue weighted by Crippen LogP contribution is 2.16. The molecule has 1 aromatic rings. The normalized spacial score (nSPS) is 20.3. The number of aromatic nitrogens is 1. The standard InChI is InChI=1S/C16H22FN5/c1-2-20-5-7-21(8-6-20)11-14-3-4-16(19-9-14)22-12-15(17)10-18-13-22/h3-4,9-10,12H,2,5-8,11,13H2,1H3. The van der Waals surface area contributed by atoms with Gasteiger partial charge in [0.1, 0.15) is 12.5 Å². The molecule has 6 heteroatoms. The van der Waals surface area contributed by atoms with Crippen molar-refractivity contribution in [1.29, 1.82) is 0 Å². The van der Waals surface area contributed by atoms with Crippen LogP contribution in [0.4, 0.5) is 10.2 Å². The summed E-state index contributed by atoms with van der Waals surface area (Å²) in [5.74, 6) is 0.387. The molecule has 0 radical (unpaired) electrons. The second-order valence-corrected chi connectivity index (χ2v) is 5.67. The highest BCUT2D eigenvalue weighted by Gasteiger charge is 2.16. The molecule has 1 fully saturated rings. The van der Waals surface area contributed by atoms with Crippen molar-refractivity contribution in [1.82, 2.24) is 14.8 Å². The first-order chi connectivity index (χ1) is 10.7. The average molecular weight is 303 g/mol. The van der Waals surface area contributed by atoms with Gasteiger partial charge < -0.3 is 9.80 Å². The van der Waals surface area contributed by atoms with Crippen LogP contribution in [0.25, 0.3) is 0 Å². The molecule has 0 unspecified atom stereocenters. The predicted octanol–water partition coefficient (Wildman–Crippen LogP) is 1.88. The van der Waals surface area contributed by atoms with Gasteiger partial charge in [-0.05, 0) is 18.2 Å². The SMILES string of the molecule is CCN1CCN(Cc2ccc(N3C=C(F)C=NC3)nc2)CC1. The van der Waals surface area contributed by atoms with E-state index >= 15 is 0 Å². The van der Waals surface area contributed by atoms with Crippen LogP contribution in [-0.4, -0.2) is 60.4 Å². The van der Waals surface area contributed by atoms with Gasteiger partial charge in [-0.25, -0.2) is 9.37 Å². The third-order valence-electron chi connectivity index (χ3n) is 4.15. The van der Waals surface area contributed by atoms with E-state index in [1.54, 1.807) is 4.90 Å². The summed E-state index contributed by atoms with van der Waals surface area (Å²) < 4.78 is 13.2. The Morgan fingerprint density at radius 3 is 2.55 bits per heavy atom. The zero-order chi connectivity index (χ0) is 15.4. The molecule has 0 aromatic carbocycles. The van der Waals surface area contributed by atoms with Crippen molar-refractivity contribution in [2.45, 2.75) is 13.5 Å². The van der Waals surface area contributed by atoms with Crippen molar-refractivity contribution in [3.8, 4) is 0 Å². The van der Waals surface area contributed by atoms with E-state index in [1.807, 2.05) is 12.3 Å². The number of likely N-dealkylation sites (N-methyl/N-ethyl adjacent to an activating group) is 1. The van der Waals surface area contributed by atoms with E-state index < -0.39 is 0 Å². The van der Waals surface area contributed by atoms with Crippen LogP contribution in [-0.2, 0) is 6.54 Å². The first-order valence-corrected chi connectivity index (χ1v) is 7.78. The van der Waals surface area contributed by atoms with Crippen LogP contribution in [0.5, 0.6) is 0 Å². The van der Waals surface area contributed by atoms with Crippen LogP contribution in [0.2, 0.25) is 0 Å². The number of piperazine rings is 1. The Hall–Kier alpha value is -1.79. The Morgan fingerprint density at radius 2 is 1.91 bits per heavy atom. The molecule has 0 bridgehead atoms. The van der Waals surface area contributed by atoms with Crippen molar-refractivity contribution in [3.05, 3.63) is 35.9 Å². The lowest BCUT2D eigenvalue weighted by Gasteiger charge is -2.34.